The van der Waals surface area contributed by atoms with Crippen LogP contribution in [0.2, 0.25) is 0 Å². The number of nitrogens with zero attached hydrogens (tertiary/aromatic N) is 3. The first-order chi connectivity index (χ1) is 37.1. The molecular weight excluding hydrogens is 907 g/mol. The van der Waals surface area contributed by atoms with E-state index in [-0.39, 0.29) is 0 Å². The highest BCUT2D eigenvalue weighted by molar-refractivity contribution is 6.24. The number of hydrogen-bond acceptors (Lipinski definition) is 2. The summed E-state index contributed by atoms with van der Waals surface area (Å²) in [7, 11) is 0. The van der Waals surface area contributed by atoms with Gasteiger partial charge in [0.1, 0.15) is 0 Å². The summed E-state index contributed by atoms with van der Waals surface area (Å²) < 4.78 is 2.38. The maximum absolute atomic E-state index is 5.50. The van der Waals surface area contributed by atoms with Gasteiger partial charge in [0, 0.05) is 32.8 Å². The minimum Gasteiger partial charge on any atom is -0.309 e. The summed E-state index contributed by atoms with van der Waals surface area (Å²) in [5.41, 5.74) is 18.9. The fraction of sp³-hybridized carbons (Fsp3) is 0. The van der Waals surface area contributed by atoms with E-state index < -0.39 is 0 Å². The normalized spacial score (nSPS) is 11.7. The van der Waals surface area contributed by atoms with Crippen LogP contribution in [0.4, 0.5) is 0 Å². The molecule has 0 amide bonds. The summed E-state index contributed by atoms with van der Waals surface area (Å²) in [6.07, 6.45) is 1.95. The first-order valence-corrected chi connectivity index (χ1v) is 25.7. The molecule has 0 fully saturated rings. The highest BCUT2D eigenvalue weighted by Crippen LogP contribution is 2.41. The predicted molar refractivity (Wildman–Crippen MR) is 317 cm³/mol. The van der Waals surface area contributed by atoms with Gasteiger partial charge in [-0.25, -0.2) is 4.98 Å². The number of hydrogen-bond donors (Lipinski definition) is 0. The number of benzene rings is 13. The summed E-state index contributed by atoms with van der Waals surface area (Å²) in [5, 5.41) is 11.9. The van der Waals surface area contributed by atoms with E-state index in [0.29, 0.717) is 0 Å². The van der Waals surface area contributed by atoms with Crippen molar-refractivity contribution in [2.24, 2.45) is 0 Å². The molecule has 75 heavy (non-hydrogen) atoms. The Balaban J connectivity index is 0.786. The lowest BCUT2D eigenvalue weighted by molar-refractivity contribution is 1.18. The third-order valence-electron chi connectivity index (χ3n) is 15.4. The van der Waals surface area contributed by atoms with Crippen LogP contribution in [0.15, 0.2) is 273 Å². The molecule has 0 spiro atoms. The second-order valence-electron chi connectivity index (χ2n) is 19.8. The molecule has 13 aromatic carbocycles. The molecule has 0 saturated carbocycles. The average molecular weight is 952 g/mol. The molecular formula is C72H45N3. The molecule has 3 heteroatoms. The molecule has 2 aromatic heterocycles. The molecule has 0 aliphatic rings. The molecule has 2 heterocycles. The SMILES string of the molecule is c1ccc(-n2c3ccccc3c3ccc(-c4ccc(-c5cccc(-c6cccc(-c7cnc8c9ccc(-c%10ccc%11ccccc%11c%10)cc9c9cc(-c%10ccc%11ccccc%11c%10)ccc9c8n7)c6)c5)cc4)cc32)cc1. The summed E-state index contributed by atoms with van der Waals surface area (Å²) >= 11 is 0. The fourth-order valence-electron chi connectivity index (χ4n) is 11.6. The zero-order chi connectivity index (χ0) is 49.4. The number of fused-ring (bicyclic) bond motifs is 11. The predicted octanol–water partition coefficient (Wildman–Crippen LogP) is 19.3. The van der Waals surface area contributed by atoms with Crippen LogP contribution in [-0.2, 0) is 0 Å². The van der Waals surface area contributed by atoms with Gasteiger partial charge in [-0.2, -0.15) is 0 Å². The van der Waals surface area contributed by atoms with Gasteiger partial charge >= 0.3 is 0 Å². The van der Waals surface area contributed by atoms with E-state index in [4.69, 9.17) is 9.97 Å². The van der Waals surface area contributed by atoms with Crippen molar-refractivity contribution in [3.63, 3.8) is 0 Å². The Kier molecular flexibility index (Phi) is 9.89. The number of aromatic nitrogens is 3. The van der Waals surface area contributed by atoms with E-state index >= 15 is 0 Å². The first-order valence-electron chi connectivity index (χ1n) is 25.7. The van der Waals surface area contributed by atoms with Gasteiger partial charge in [0.2, 0.25) is 0 Å². The van der Waals surface area contributed by atoms with Crippen molar-refractivity contribution in [3.05, 3.63) is 273 Å². The Morgan fingerprint density at radius 2 is 0.680 bits per heavy atom. The van der Waals surface area contributed by atoms with Gasteiger partial charge in [-0.05, 0) is 149 Å². The van der Waals surface area contributed by atoms with Gasteiger partial charge in [-0.1, -0.05) is 206 Å². The fourth-order valence-corrected chi connectivity index (χ4v) is 11.6. The highest BCUT2D eigenvalue weighted by Gasteiger charge is 2.17. The Hall–Kier alpha value is -9.96. The van der Waals surface area contributed by atoms with Crippen LogP contribution in [0.3, 0.4) is 0 Å². The van der Waals surface area contributed by atoms with Crippen molar-refractivity contribution in [1.82, 2.24) is 14.5 Å². The Morgan fingerprint density at radius 3 is 1.32 bits per heavy atom. The van der Waals surface area contributed by atoms with E-state index in [9.17, 15) is 0 Å². The van der Waals surface area contributed by atoms with Gasteiger partial charge in [-0.3, -0.25) is 4.98 Å². The molecule has 0 radical (unpaired) electrons. The molecule has 0 N–H and O–H groups in total. The number of para-hydroxylation sites is 2. The highest BCUT2D eigenvalue weighted by atomic mass is 15.0. The van der Waals surface area contributed by atoms with Crippen LogP contribution in [-0.4, -0.2) is 14.5 Å². The zero-order valence-corrected chi connectivity index (χ0v) is 40.8. The molecule has 0 bridgehead atoms. The maximum Gasteiger partial charge on any atom is 0.0979 e. The lowest BCUT2D eigenvalue weighted by Crippen LogP contribution is -1.93. The van der Waals surface area contributed by atoms with Gasteiger partial charge in [0.25, 0.3) is 0 Å². The van der Waals surface area contributed by atoms with Gasteiger partial charge in [-0.15, -0.1) is 0 Å². The van der Waals surface area contributed by atoms with E-state index in [1.807, 2.05) is 6.20 Å². The van der Waals surface area contributed by atoms with Crippen LogP contribution < -0.4 is 0 Å². The average Bonchev–Trinajstić information content (AvgIpc) is 3.84. The van der Waals surface area contributed by atoms with Crippen molar-refractivity contribution in [1.29, 1.82) is 0 Å². The van der Waals surface area contributed by atoms with Crippen LogP contribution >= 0.6 is 0 Å². The molecule has 15 aromatic rings. The first kappa shape index (κ1) is 42.7. The van der Waals surface area contributed by atoms with Crippen LogP contribution in [0.5, 0.6) is 0 Å². The maximum atomic E-state index is 5.50. The summed E-state index contributed by atoms with van der Waals surface area (Å²) in [6.45, 7) is 0. The van der Waals surface area contributed by atoms with Crippen molar-refractivity contribution >= 4 is 75.9 Å². The van der Waals surface area contributed by atoms with E-state index in [1.54, 1.807) is 0 Å². The lowest BCUT2D eigenvalue weighted by atomic mass is 9.92. The van der Waals surface area contributed by atoms with Gasteiger partial charge in [0.05, 0.1) is 34.0 Å². The molecule has 0 saturated heterocycles. The van der Waals surface area contributed by atoms with Crippen LogP contribution in [0, 0.1) is 0 Å². The van der Waals surface area contributed by atoms with Gasteiger partial charge < -0.3 is 4.57 Å². The van der Waals surface area contributed by atoms with Crippen molar-refractivity contribution in [3.8, 4) is 72.6 Å². The smallest absolute Gasteiger partial charge is 0.0979 e. The second-order valence-corrected chi connectivity index (χ2v) is 19.8. The Bertz CT molecular complexity index is 4760. The molecule has 0 atom stereocenters. The second kappa shape index (κ2) is 17.4. The van der Waals surface area contributed by atoms with E-state index in [2.05, 4.69) is 271 Å². The third kappa shape index (κ3) is 7.36. The topological polar surface area (TPSA) is 30.7 Å². The standard InChI is InChI=1S/C72H45N3/c1-2-20-61(21-3-1)75-69-23-9-8-22-62(69)63-35-32-59(44-70(63)75)49-26-24-48(25-27-49)52-16-10-17-53(38-52)54-18-11-19-60(41-54)68-45-73-71-64-36-33-57(55-30-28-46-12-4-6-14-50(46)39-55)42-66(64)67-43-58(34-37-65(67)72(71)74-68)56-31-29-47-13-5-7-15-51(47)40-56/h1-45H. The quantitative estimate of drug-likeness (QED) is 0.149. The van der Waals surface area contributed by atoms with Crippen molar-refractivity contribution < 1.29 is 0 Å². The zero-order valence-electron chi connectivity index (χ0n) is 40.8. The molecule has 0 unspecified atom stereocenters. The molecule has 0 aliphatic carbocycles. The number of rotatable bonds is 7. The largest absolute Gasteiger partial charge is 0.309 e. The molecule has 0 aliphatic heterocycles. The van der Waals surface area contributed by atoms with Crippen molar-refractivity contribution in [2.75, 3.05) is 0 Å². The Morgan fingerprint density at radius 1 is 0.240 bits per heavy atom. The van der Waals surface area contributed by atoms with Gasteiger partial charge in [0.15, 0.2) is 0 Å². The van der Waals surface area contributed by atoms with Crippen LogP contribution in [0.25, 0.3) is 149 Å². The monoisotopic (exact) mass is 951 g/mol. The molecule has 3 nitrogen and oxygen atoms in total. The summed E-state index contributed by atoms with van der Waals surface area (Å²) in [5.74, 6) is 0. The summed E-state index contributed by atoms with van der Waals surface area (Å²) in [4.78, 5) is 10.8. The van der Waals surface area contributed by atoms with E-state index in [1.165, 1.54) is 87.9 Å². The van der Waals surface area contributed by atoms with Crippen LogP contribution in [0.1, 0.15) is 0 Å². The van der Waals surface area contributed by atoms with Crippen molar-refractivity contribution in [2.45, 2.75) is 0 Å². The minimum absolute atomic E-state index is 0.838. The molecule has 348 valence electrons. The van der Waals surface area contributed by atoms with E-state index in [0.717, 1.165) is 60.6 Å². The third-order valence-corrected chi connectivity index (χ3v) is 15.4. The lowest BCUT2D eigenvalue weighted by Gasteiger charge is -2.14. The summed E-state index contributed by atoms with van der Waals surface area (Å²) in [6, 6.07) is 97.1. The Labute approximate surface area is 433 Å². The molecule has 15 rings (SSSR count). The minimum atomic E-state index is 0.838.